The number of nitrogens with zero attached hydrogens (tertiary/aromatic N) is 2. The third-order valence-corrected chi connectivity index (χ3v) is 7.03. The molecule has 2 heterocycles. The Kier molecular flexibility index (Phi) is 7.13. The molecule has 1 aliphatic rings. The summed E-state index contributed by atoms with van der Waals surface area (Å²) in [6, 6.07) is 6.07. The van der Waals surface area contributed by atoms with Crippen LogP contribution in [0.2, 0.25) is 0 Å². The summed E-state index contributed by atoms with van der Waals surface area (Å²) in [4.78, 5) is 6.81. The lowest BCUT2D eigenvalue weighted by Crippen LogP contribution is -2.40. The van der Waals surface area contributed by atoms with Gasteiger partial charge in [-0.2, -0.15) is 0 Å². The molecule has 0 saturated carbocycles. The molecule has 1 saturated heterocycles. The van der Waals surface area contributed by atoms with E-state index >= 15 is 0 Å². The predicted octanol–water partition coefficient (Wildman–Crippen LogP) is 3.25. The molecular weight excluding hydrogens is 374 g/mol. The van der Waals surface area contributed by atoms with Crippen molar-refractivity contribution in [2.75, 3.05) is 50.1 Å². The molecule has 0 atom stereocenters. The Balaban J connectivity index is 1.40. The average Bonchev–Trinajstić information content (AvgIpc) is 2.68. The molecule has 1 aliphatic heterocycles. The monoisotopic (exact) mass is 405 g/mol. The lowest BCUT2D eigenvalue weighted by atomic mass is 10.1. The van der Waals surface area contributed by atoms with Crippen LogP contribution in [0.25, 0.3) is 10.9 Å². The molecule has 28 heavy (non-hydrogen) atoms. The molecule has 3 rings (SSSR count). The Bertz CT molecular complexity index is 885. The summed E-state index contributed by atoms with van der Waals surface area (Å²) in [6.07, 6.45) is 6.40. The van der Waals surface area contributed by atoms with Crippen LogP contribution in [0.5, 0.6) is 5.75 Å². The second-order valence-electron chi connectivity index (χ2n) is 7.53. The van der Waals surface area contributed by atoms with Gasteiger partial charge in [-0.1, -0.05) is 12.8 Å². The van der Waals surface area contributed by atoms with Crippen molar-refractivity contribution in [1.29, 1.82) is 0 Å². The Morgan fingerprint density at radius 3 is 2.64 bits per heavy atom. The van der Waals surface area contributed by atoms with Crippen molar-refractivity contribution in [3.8, 4) is 5.75 Å². The van der Waals surface area contributed by atoms with E-state index in [1.165, 1.54) is 12.0 Å². The van der Waals surface area contributed by atoms with E-state index in [1.807, 2.05) is 24.4 Å². The number of sulfone groups is 1. The molecule has 0 aliphatic carbocycles. The van der Waals surface area contributed by atoms with E-state index in [0.717, 1.165) is 54.7 Å². The Labute approximate surface area is 168 Å². The number of aromatic nitrogens is 1. The summed E-state index contributed by atoms with van der Waals surface area (Å²) >= 11 is 0. The van der Waals surface area contributed by atoms with Crippen LogP contribution in [-0.2, 0) is 9.84 Å². The van der Waals surface area contributed by atoms with Gasteiger partial charge in [0.2, 0.25) is 0 Å². The number of unbranched alkanes of at least 4 members (excludes halogenated alkanes) is 3. The minimum atomic E-state index is -2.77. The maximum atomic E-state index is 11.5. The molecule has 1 N–H and O–H groups in total. The second-order valence-corrected chi connectivity index (χ2v) is 9.84. The lowest BCUT2D eigenvalue weighted by molar-refractivity contribution is 0.288. The minimum Gasteiger partial charge on any atom is -0.497 e. The van der Waals surface area contributed by atoms with Gasteiger partial charge in [-0.15, -0.1) is 0 Å². The topological polar surface area (TPSA) is 71.5 Å². The predicted molar refractivity (Wildman–Crippen MR) is 115 cm³/mol. The van der Waals surface area contributed by atoms with Crippen molar-refractivity contribution in [3.63, 3.8) is 0 Å². The maximum Gasteiger partial charge on any atom is 0.152 e. The molecule has 0 radical (unpaired) electrons. The number of ether oxygens (including phenoxy) is 1. The van der Waals surface area contributed by atoms with Crippen molar-refractivity contribution >= 4 is 26.4 Å². The van der Waals surface area contributed by atoms with Crippen molar-refractivity contribution in [2.24, 2.45) is 0 Å². The first-order chi connectivity index (χ1) is 13.5. The van der Waals surface area contributed by atoms with E-state index in [9.17, 15) is 8.42 Å². The van der Waals surface area contributed by atoms with Gasteiger partial charge in [-0.25, -0.2) is 8.42 Å². The molecule has 0 bridgehead atoms. The number of pyridine rings is 1. The van der Waals surface area contributed by atoms with Gasteiger partial charge >= 0.3 is 0 Å². The first-order valence-electron chi connectivity index (χ1n) is 10.1. The fourth-order valence-electron chi connectivity index (χ4n) is 3.62. The van der Waals surface area contributed by atoms with E-state index in [0.29, 0.717) is 24.6 Å². The highest BCUT2D eigenvalue weighted by atomic mass is 32.2. The third kappa shape index (κ3) is 5.58. The van der Waals surface area contributed by atoms with Gasteiger partial charge in [0, 0.05) is 37.3 Å². The third-order valence-electron chi connectivity index (χ3n) is 5.43. The Morgan fingerprint density at radius 2 is 1.89 bits per heavy atom. The molecule has 0 unspecified atom stereocenters. The van der Waals surface area contributed by atoms with Gasteiger partial charge in [-0.3, -0.25) is 4.98 Å². The molecule has 1 aromatic heterocycles. The summed E-state index contributed by atoms with van der Waals surface area (Å²) < 4.78 is 28.3. The van der Waals surface area contributed by atoms with Crippen LogP contribution < -0.4 is 10.1 Å². The first kappa shape index (κ1) is 20.9. The molecule has 0 amide bonds. The summed E-state index contributed by atoms with van der Waals surface area (Å²) in [5.41, 5.74) is 3.20. The number of methoxy groups -OCH3 is 1. The van der Waals surface area contributed by atoms with Gasteiger partial charge in [0.1, 0.15) is 5.75 Å². The van der Waals surface area contributed by atoms with Crippen molar-refractivity contribution in [3.05, 3.63) is 30.0 Å². The molecular formula is C21H31N3O3S. The van der Waals surface area contributed by atoms with E-state index < -0.39 is 9.84 Å². The van der Waals surface area contributed by atoms with E-state index in [1.54, 1.807) is 7.11 Å². The van der Waals surface area contributed by atoms with Crippen LogP contribution in [0, 0.1) is 6.92 Å². The number of fused-ring (bicyclic) bond motifs is 1. The Hall–Kier alpha value is -1.86. The number of hydrogen-bond acceptors (Lipinski definition) is 6. The highest BCUT2D eigenvalue weighted by Crippen LogP contribution is 2.29. The number of aryl methyl sites for hydroxylation is 1. The summed E-state index contributed by atoms with van der Waals surface area (Å²) in [5, 5.41) is 4.64. The molecule has 2 aromatic rings. The van der Waals surface area contributed by atoms with Crippen LogP contribution >= 0.6 is 0 Å². The highest BCUT2D eigenvalue weighted by Gasteiger charge is 2.20. The van der Waals surface area contributed by atoms with Crippen molar-refractivity contribution in [2.45, 2.75) is 32.6 Å². The van der Waals surface area contributed by atoms with Crippen LogP contribution in [0.3, 0.4) is 0 Å². The zero-order valence-electron chi connectivity index (χ0n) is 16.9. The summed E-state index contributed by atoms with van der Waals surface area (Å²) in [5.74, 6) is 1.48. The fraction of sp³-hybridized carbons (Fsp3) is 0.571. The minimum absolute atomic E-state index is 0.318. The molecule has 1 aromatic carbocycles. The van der Waals surface area contributed by atoms with E-state index in [4.69, 9.17) is 4.74 Å². The van der Waals surface area contributed by atoms with Gasteiger partial charge in [0.15, 0.2) is 9.84 Å². The lowest BCUT2D eigenvalue weighted by Gasteiger charge is -2.26. The molecule has 6 nitrogen and oxygen atoms in total. The number of benzene rings is 1. The van der Waals surface area contributed by atoms with Gasteiger partial charge in [0.05, 0.1) is 29.8 Å². The van der Waals surface area contributed by atoms with Gasteiger partial charge < -0.3 is 15.0 Å². The highest BCUT2D eigenvalue weighted by molar-refractivity contribution is 7.91. The molecule has 1 fully saturated rings. The van der Waals surface area contributed by atoms with E-state index in [2.05, 4.69) is 22.1 Å². The van der Waals surface area contributed by atoms with Crippen LogP contribution in [0.4, 0.5) is 5.69 Å². The number of hydrogen-bond donors (Lipinski definition) is 1. The number of rotatable bonds is 9. The smallest absolute Gasteiger partial charge is 0.152 e. The van der Waals surface area contributed by atoms with Crippen molar-refractivity contribution < 1.29 is 13.2 Å². The van der Waals surface area contributed by atoms with Crippen LogP contribution in [-0.4, -0.2) is 63.1 Å². The maximum absolute atomic E-state index is 11.5. The summed E-state index contributed by atoms with van der Waals surface area (Å²) in [6.45, 7) is 5.38. The number of anilines is 1. The first-order valence-corrected chi connectivity index (χ1v) is 11.9. The zero-order valence-corrected chi connectivity index (χ0v) is 17.7. The van der Waals surface area contributed by atoms with Gasteiger partial charge in [0.25, 0.3) is 0 Å². The van der Waals surface area contributed by atoms with Crippen LogP contribution in [0.1, 0.15) is 31.2 Å². The average molecular weight is 406 g/mol. The standard InChI is InChI=1S/C21H31N3O3S/c1-17-7-9-23-21-19(17)15-18(27-2)16-20(21)22-8-5-3-4-6-10-24-11-13-28(25,26)14-12-24/h7,9,15-16,22H,3-6,8,10-14H2,1-2H3. The second kappa shape index (κ2) is 9.56. The molecule has 154 valence electrons. The molecule has 7 heteroatoms. The van der Waals surface area contributed by atoms with Crippen molar-refractivity contribution in [1.82, 2.24) is 9.88 Å². The largest absolute Gasteiger partial charge is 0.497 e. The zero-order chi connectivity index (χ0) is 20.0. The summed E-state index contributed by atoms with van der Waals surface area (Å²) in [7, 11) is -1.08. The quantitative estimate of drug-likeness (QED) is 0.646. The van der Waals surface area contributed by atoms with Gasteiger partial charge in [-0.05, 0) is 44.0 Å². The SMILES string of the molecule is COc1cc(NCCCCCCN2CCS(=O)(=O)CC2)c2nccc(C)c2c1. The van der Waals surface area contributed by atoms with E-state index in [-0.39, 0.29) is 0 Å². The fourth-order valence-corrected chi connectivity index (χ4v) is 4.90. The number of nitrogens with one attached hydrogen (secondary N) is 1. The normalized spacial score (nSPS) is 16.9. The Morgan fingerprint density at radius 1 is 1.14 bits per heavy atom. The van der Waals surface area contributed by atoms with Crippen LogP contribution in [0.15, 0.2) is 24.4 Å². The molecule has 0 spiro atoms.